The topological polar surface area (TPSA) is 38.0 Å². The average Bonchev–Trinajstić information content (AvgIpc) is 2.71. The predicted octanol–water partition coefficient (Wildman–Crippen LogP) is 1.97. The Morgan fingerprint density at radius 2 is 1.82 bits per heavy atom. The van der Waals surface area contributed by atoms with Gasteiger partial charge in [0.1, 0.15) is 0 Å². The summed E-state index contributed by atoms with van der Waals surface area (Å²) in [6.07, 6.45) is 2.34. The molecule has 0 radical (unpaired) electrons. The highest BCUT2D eigenvalue weighted by Gasteiger charge is 2.21. The first-order chi connectivity index (χ1) is 8.20. The quantitative estimate of drug-likeness (QED) is 0.814. The molecule has 1 aliphatic rings. The van der Waals surface area contributed by atoms with Crippen molar-refractivity contribution in [1.82, 2.24) is 5.32 Å². The maximum Gasteiger partial charge on any atom is 0.0148 e. The first-order valence-electron chi connectivity index (χ1n) is 6.71. The summed E-state index contributed by atoms with van der Waals surface area (Å²) >= 11 is 0. The minimum atomic E-state index is 0.596. The van der Waals surface area contributed by atoms with Crippen LogP contribution >= 0.6 is 0 Å². The van der Waals surface area contributed by atoms with Gasteiger partial charge in [0.15, 0.2) is 0 Å². The van der Waals surface area contributed by atoms with Crippen molar-refractivity contribution in [2.24, 2.45) is 17.6 Å². The van der Waals surface area contributed by atoms with E-state index in [1.807, 2.05) is 0 Å². The van der Waals surface area contributed by atoms with Crippen molar-refractivity contribution >= 4 is 0 Å². The number of fused-ring (bicyclic) bond motifs is 1. The van der Waals surface area contributed by atoms with E-state index >= 15 is 0 Å². The molecular formula is C15H24N2. The first-order valence-corrected chi connectivity index (χ1v) is 6.71. The second kappa shape index (κ2) is 5.65. The predicted molar refractivity (Wildman–Crippen MR) is 73.0 cm³/mol. The van der Waals surface area contributed by atoms with Gasteiger partial charge in [-0.2, -0.15) is 0 Å². The molecule has 0 spiro atoms. The highest BCUT2D eigenvalue weighted by Crippen LogP contribution is 2.22. The summed E-state index contributed by atoms with van der Waals surface area (Å²) < 4.78 is 0. The van der Waals surface area contributed by atoms with Crippen LogP contribution < -0.4 is 11.1 Å². The molecule has 2 rings (SSSR count). The molecular weight excluding hydrogens is 208 g/mol. The number of rotatable bonds is 5. The van der Waals surface area contributed by atoms with Crippen molar-refractivity contribution < 1.29 is 0 Å². The van der Waals surface area contributed by atoms with Crippen LogP contribution in [0.5, 0.6) is 0 Å². The minimum Gasteiger partial charge on any atom is -0.330 e. The maximum absolute atomic E-state index is 5.80. The fourth-order valence-corrected chi connectivity index (χ4v) is 2.61. The number of hydrogen-bond acceptors (Lipinski definition) is 2. The molecule has 1 unspecified atom stereocenters. The monoisotopic (exact) mass is 232 g/mol. The lowest BCUT2D eigenvalue weighted by Crippen LogP contribution is -2.38. The highest BCUT2D eigenvalue weighted by atomic mass is 14.9. The van der Waals surface area contributed by atoms with Crippen molar-refractivity contribution in [2.75, 3.05) is 13.1 Å². The summed E-state index contributed by atoms with van der Waals surface area (Å²) in [6, 6.07) is 9.38. The number of hydrogen-bond donors (Lipinski definition) is 2. The van der Waals surface area contributed by atoms with Crippen LogP contribution in [0.15, 0.2) is 24.3 Å². The standard InChI is InChI=1S/C15H24N2/c1-11(2)14(9-16)10-17-15-7-12-5-3-4-6-13(12)8-15/h3-6,11,14-15,17H,7-10,16H2,1-2H3. The summed E-state index contributed by atoms with van der Waals surface area (Å²) in [5, 5.41) is 3.68. The van der Waals surface area contributed by atoms with Gasteiger partial charge < -0.3 is 11.1 Å². The Morgan fingerprint density at radius 3 is 2.29 bits per heavy atom. The van der Waals surface area contributed by atoms with Crippen molar-refractivity contribution in [3.05, 3.63) is 35.4 Å². The molecule has 2 heteroatoms. The van der Waals surface area contributed by atoms with E-state index in [9.17, 15) is 0 Å². The van der Waals surface area contributed by atoms with E-state index in [2.05, 4.69) is 43.4 Å². The van der Waals surface area contributed by atoms with Gasteiger partial charge >= 0.3 is 0 Å². The lowest BCUT2D eigenvalue weighted by Gasteiger charge is -2.22. The molecule has 1 aromatic rings. The van der Waals surface area contributed by atoms with Crippen LogP contribution in [0, 0.1) is 11.8 Å². The van der Waals surface area contributed by atoms with Gasteiger partial charge in [0, 0.05) is 6.04 Å². The second-order valence-corrected chi connectivity index (χ2v) is 5.52. The molecule has 94 valence electrons. The van der Waals surface area contributed by atoms with Crippen molar-refractivity contribution in [2.45, 2.75) is 32.7 Å². The number of benzene rings is 1. The third-order valence-electron chi connectivity index (χ3n) is 3.97. The van der Waals surface area contributed by atoms with Gasteiger partial charge in [-0.05, 0) is 48.9 Å². The lowest BCUT2D eigenvalue weighted by molar-refractivity contribution is 0.351. The summed E-state index contributed by atoms with van der Waals surface area (Å²) in [7, 11) is 0. The molecule has 0 saturated heterocycles. The van der Waals surface area contributed by atoms with Gasteiger partial charge in [0.05, 0.1) is 0 Å². The van der Waals surface area contributed by atoms with Crippen LogP contribution in [0.25, 0.3) is 0 Å². The zero-order chi connectivity index (χ0) is 12.3. The molecule has 0 amide bonds. The molecule has 0 saturated carbocycles. The van der Waals surface area contributed by atoms with Gasteiger partial charge in [0.2, 0.25) is 0 Å². The molecule has 0 bridgehead atoms. The van der Waals surface area contributed by atoms with Gasteiger partial charge in [0.25, 0.3) is 0 Å². The molecule has 2 nitrogen and oxygen atoms in total. The molecule has 0 aliphatic heterocycles. The normalized spacial score (nSPS) is 17.4. The van der Waals surface area contributed by atoms with Gasteiger partial charge in [-0.1, -0.05) is 38.1 Å². The molecule has 3 N–H and O–H groups in total. The Morgan fingerprint density at radius 1 is 1.24 bits per heavy atom. The Bertz CT molecular complexity index is 335. The summed E-state index contributed by atoms with van der Waals surface area (Å²) in [5.74, 6) is 1.26. The van der Waals surface area contributed by atoms with E-state index < -0.39 is 0 Å². The molecule has 17 heavy (non-hydrogen) atoms. The van der Waals surface area contributed by atoms with Crippen molar-refractivity contribution in [3.63, 3.8) is 0 Å². The van der Waals surface area contributed by atoms with E-state index in [-0.39, 0.29) is 0 Å². The fraction of sp³-hybridized carbons (Fsp3) is 0.600. The van der Waals surface area contributed by atoms with Crippen LogP contribution in [-0.4, -0.2) is 19.1 Å². The van der Waals surface area contributed by atoms with Crippen molar-refractivity contribution in [3.8, 4) is 0 Å². The van der Waals surface area contributed by atoms with Gasteiger partial charge in [-0.25, -0.2) is 0 Å². The van der Waals surface area contributed by atoms with Crippen LogP contribution in [-0.2, 0) is 12.8 Å². The van der Waals surface area contributed by atoms with E-state index in [0.717, 1.165) is 13.1 Å². The Balaban J connectivity index is 1.84. The number of nitrogens with one attached hydrogen (secondary N) is 1. The van der Waals surface area contributed by atoms with Gasteiger partial charge in [-0.15, -0.1) is 0 Å². The van der Waals surface area contributed by atoms with E-state index in [1.54, 1.807) is 0 Å². The molecule has 0 aromatic heterocycles. The Kier molecular flexibility index (Phi) is 4.19. The third kappa shape index (κ3) is 3.08. The molecule has 1 aliphatic carbocycles. The van der Waals surface area contributed by atoms with E-state index in [1.165, 1.54) is 24.0 Å². The summed E-state index contributed by atoms with van der Waals surface area (Å²) in [4.78, 5) is 0. The zero-order valence-corrected chi connectivity index (χ0v) is 10.9. The molecule has 0 heterocycles. The maximum atomic E-state index is 5.80. The zero-order valence-electron chi connectivity index (χ0n) is 10.9. The summed E-state index contributed by atoms with van der Waals surface area (Å²) in [5.41, 5.74) is 8.83. The number of nitrogens with two attached hydrogens (primary N) is 1. The third-order valence-corrected chi connectivity index (χ3v) is 3.97. The van der Waals surface area contributed by atoms with Crippen LogP contribution in [0.2, 0.25) is 0 Å². The van der Waals surface area contributed by atoms with Crippen LogP contribution in [0.1, 0.15) is 25.0 Å². The fourth-order valence-electron chi connectivity index (χ4n) is 2.61. The molecule has 1 aromatic carbocycles. The van der Waals surface area contributed by atoms with E-state index in [0.29, 0.717) is 17.9 Å². The first kappa shape index (κ1) is 12.6. The lowest BCUT2D eigenvalue weighted by atomic mass is 9.95. The smallest absolute Gasteiger partial charge is 0.0148 e. The second-order valence-electron chi connectivity index (χ2n) is 5.52. The minimum absolute atomic E-state index is 0.596. The van der Waals surface area contributed by atoms with Crippen LogP contribution in [0.4, 0.5) is 0 Å². The largest absolute Gasteiger partial charge is 0.330 e. The highest BCUT2D eigenvalue weighted by molar-refractivity contribution is 5.33. The van der Waals surface area contributed by atoms with Crippen LogP contribution in [0.3, 0.4) is 0 Å². The van der Waals surface area contributed by atoms with E-state index in [4.69, 9.17) is 5.73 Å². The SMILES string of the molecule is CC(C)C(CN)CNC1Cc2ccccc2C1. The van der Waals surface area contributed by atoms with Gasteiger partial charge in [-0.3, -0.25) is 0 Å². The Labute approximate surface area is 105 Å². The van der Waals surface area contributed by atoms with Crippen molar-refractivity contribution in [1.29, 1.82) is 0 Å². The summed E-state index contributed by atoms with van der Waals surface area (Å²) in [6.45, 7) is 6.34. The average molecular weight is 232 g/mol. The molecule has 1 atom stereocenters. The Hall–Kier alpha value is -0.860. The molecule has 0 fully saturated rings.